The highest BCUT2D eigenvalue weighted by Gasteiger charge is 2.28. The Morgan fingerprint density at radius 1 is 0.474 bits per heavy atom. The topological polar surface area (TPSA) is 55.4 Å². The van der Waals surface area contributed by atoms with E-state index in [1.807, 2.05) is 0 Å². The van der Waals surface area contributed by atoms with E-state index >= 15 is 0 Å². The van der Waals surface area contributed by atoms with Gasteiger partial charge in [-0.05, 0) is 17.0 Å². The summed E-state index contributed by atoms with van der Waals surface area (Å²) >= 11 is 0. The zero-order valence-electron chi connectivity index (χ0n) is 12.9. The lowest BCUT2D eigenvalue weighted by Gasteiger charge is -2.23. The number of rotatable bonds is 12. The molecule has 0 heterocycles. The normalized spacial score (nSPS) is 12.3. The summed E-state index contributed by atoms with van der Waals surface area (Å²) in [6, 6.07) is 0. The largest absolute Gasteiger partial charge is 0.400 e. The van der Waals surface area contributed by atoms with Gasteiger partial charge < -0.3 is 26.6 Å². The predicted molar refractivity (Wildman–Crippen MR) is 85.1 cm³/mol. The van der Waals surface area contributed by atoms with Gasteiger partial charge in [-0.15, -0.1) is 0 Å². The van der Waals surface area contributed by atoms with E-state index in [0.29, 0.717) is 0 Å². The second kappa shape index (κ2) is 12.4. The van der Waals surface area contributed by atoms with Crippen LogP contribution in [0.4, 0.5) is 0 Å². The SMILES string of the molecule is CO[SiH](C[SiH](C[SiH](OC)OC)C[SiH](OC)OC)OC. The van der Waals surface area contributed by atoms with Crippen LogP contribution in [-0.2, 0) is 26.6 Å². The first kappa shape index (κ1) is 19.6. The molecule has 0 atom stereocenters. The van der Waals surface area contributed by atoms with Gasteiger partial charge in [-0.3, -0.25) is 0 Å². The second-order valence-electron chi connectivity index (χ2n) is 4.28. The van der Waals surface area contributed by atoms with Crippen LogP contribution in [0.25, 0.3) is 0 Å². The summed E-state index contributed by atoms with van der Waals surface area (Å²) in [7, 11) is 4.72. The molecule has 0 aliphatic carbocycles. The van der Waals surface area contributed by atoms with Gasteiger partial charge in [0.2, 0.25) is 0 Å². The summed E-state index contributed by atoms with van der Waals surface area (Å²) in [5, 5.41) is 0. The molecule has 0 radical (unpaired) electrons. The molecule has 0 fully saturated rings. The van der Waals surface area contributed by atoms with Gasteiger partial charge in [-0.25, -0.2) is 0 Å². The Morgan fingerprint density at radius 3 is 0.842 bits per heavy atom. The first-order valence-corrected chi connectivity index (χ1v) is 14.0. The molecule has 0 unspecified atom stereocenters. The van der Waals surface area contributed by atoms with E-state index < -0.39 is 36.6 Å². The van der Waals surface area contributed by atoms with Crippen molar-refractivity contribution < 1.29 is 26.6 Å². The molecule has 0 aromatic heterocycles. The van der Waals surface area contributed by atoms with Crippen LogP contribution >= 0.6 is 0 Å². The van der Waals surface area contributed by atoms with Crippen LogP contribution in [0, 0.1) is 0 Å². The lowest BCUT2D eigenvalue weighted by molar-refractivity contribution is 0.278. The summed E-state index contributed by atoms with van der Waals surface area (Å²) in [5.41, 5.74) is 3.21. The molecule has 0 saturated heterocycles. The van der Waals surface area contributed by atoms with Crippen molar-refractivity contribution in [3.8, 4) is 0 Å². The van der Waals surface area contributed by atoms with E-state index in [0.717, 1.165) is 17.0 Å². The van der Waals surface area contributed by atoms with E-state index in [1.54, 1.807) is 42.7 Å². The molecular formula is C9H28O6Si4. The van der Waals surface area contributed by atoms with Crippen molar-refractivity contribution in [1.82, 2.24) is 0 Å². The Hall–Kier alpha value is 0.628. The van der Waals surface area contributed by atoms with Crippen molar-refractivity contribution in [3.05, 3.63) is 0 Å². The first-order valence-electron chi connectivity index (χ1n) is 6.31. The Morgan fingerprint density at radius 2 is 0.684 bits per heavy atom. The van der Waals surface area contributed by atoms with Crippen LogP contribution in [0.2, 0.25) is 17.0 Å². The molecule has 0 aliphatic rings. The molecule has 0 aromatic rings. The third-order valence-electron chi connectivity index (χ3n) is 3.15. The molecule has 6 nitrogen and oxygen atoms in total. The minimum atomic E-state index is -1.53. The highest BCUT2D eigenvalue weighted by molar-refractivity contribution is 6.85. The lowest BCUT2D eigenvalue weighted by Crippen LogP contribution is -2.38. The molecule has 0 saturated carbocycles. The zero-order valence-corrected chi connectivity index (χ0v) is 17.5. The van der Waals surface area contributed by atoms with Crippen LogP contribution in [0.15, 0.2) is 0 Å². The van der Waals surface area contributed by atoms with Gasteiger partial charge in [-0.2, -0.15) is 0 Å². The highest BCUT2D eigenvalue weighted by atomic mass is 28.4. The zero-order chi connectivity index (χ0) is 14.7. The average molecular weight is 345 g/mol. The number of hydrogen-bond donors (Lipinski definition) is 0. The minimum absolute atomic E-state index is 1.07. The standard InChI is InChI=1S/C9H28O6Si4/c1-10-17(11-2)7-16(8-18(12-3)13-4)9-19(14-5)15-6/h16-19H,7-9H2,1-6H3. The Bertz CT molecular complexity index is 168. The summed E-state index contributed by atoms with van der Waals surface area (Å²) < 4.78 is 32.7. The van der Waals surface area contributed by atoms with Crippen LogP contribution in [-0.4, -0.2) is 79.3 Å². The van der Waals surface area contributed by atoms with Gasteiger partial charge in [-0.1, -0.05) is 0 Å². The van der Waals surface area contributed by atoms with Crippen molar-refractivity contribution in [1.29, 1.82) is 0 Å². The maximum absolute atomic E-state index is 5.45. The fraction of sp³-hybridized carbons (Fsp3) is 1.00. The second-order valence-corrected chi connectivity index (χ2v) is 17.1. The van der Waals surface area contributed by atoms with Crippen LogP contribution < -0.4 is 0 Å². The molecule has 0 N–H and O–H groups in total. The summed E-state index contributed by atoms with van der Waals surface area (Å²) in [4.78, 5) is 0. The lowest BCUT2D eigenvalue weighted by atomic mass is 11.7. The summed E-state index contributed by atoms with van der Waals surface area (Å²) in [5.74, 6) is 0. The van der Waals surface area contributed by atoms with Gasteiger partial charge in [0, 0.05) is 51.5 Å². The molecule has 116 valence electrons. The van der Waals surface area contributed by atoms with Crippen LogP contribution in [0.1, 0.15) is 0 Å². The van der Waals surface area contributed by atoms with Crippen molar-refractivity contribution in [2.75, 3.05) is 42.7 Å². The fourth-order valence-electron chi connectivity index (χ4n) is 1.97. The maximum Gasteiger partial charge on any atom is 0.317 e. The van der Waals surface area contributed by atoms with E-state index in [-0.39, 0.29) is 0 Å². The molecule has 0 aromatic carbocycles. The van der Waals surface area contributed by atoms with Crippen LogP contribution in [0.3, 0.4) is 0 Å². The minimum Gasteiger partial charge on any atom is -0.400 e. The van der Waals surface area contributed by atoms with Crippen molar-refractivity contribution >= 4 is 36.6 Å². The molecule has 0 aliphatic heterocycles. The summed E-state index contributed by atoms with van der Waals surface area (Å²) in [6.45, 7) is 0. The van der Waals surface area contributed by atoms with Gasteiger partial charge in [0.1, 0.15) is 0 Å². The van der Waals surface area contributed by atoms with Gasteiger partial charge in [0.15, 0.2) is 0 Å². The molecule has 0 bridgehead atoms. The number of hydrogen-bond acceptors (Lipinski definition) is 6. The Labute approximate surface area is 123 Å². The van der Waals surface area contributed by atoms with Gasteiger partial charge >= 0.3 is 27.9 Å². The molecule has 0 amide bonds. The first-order chi connectivity index (χ1) is 9.14. The molecule has 0 rings (SSSR count). The molecular weight excluding hydrogens is 316 g/mol. The third kappa shape index (κ3) is 8.49. The van der Waals surface area contributed by atoms with Crippen molar-refractivity contribution in [2.24, 2.45) is 0 Å². The van der Waals surface area contributed by atoms with E-state index in [4.69, 9.17) is 26.6 Å². The van der Waals surface area contributed by atoms with Crippen LogP contribution in [0.5, 0.6) is 0 Å². The van der Waals surface area contributed by atoms with E-state index in [1.165, 1.54) is 0 Å². The Kier molecular flexibility index (Phi) is 12.8. The Balaban J connectivity index is 4.51. The average Bonchev–Trinajstić information content (AvgIpc) is 2.46. The smallest absolute Gasteiger partial charge is 0.317 e. The van der Waals surface area contributed by atoms with E-state index in [9.17, 15) is 0 Å². The maximum atomic E-state index is 5.45. The molecule has 0 spiro atoms. The fourth-order valence-corrected chi connectivity index (χ4v) is 21.2. The molecule has 10 heteroatoms. The van der Waals surface area contributed by atoms with E-state index in [2.05, 4.69) is 0 Å². The summed E-state index contributed by atoms with van der Waals surface area (Å²) in [6.07, 6.45) is 0. The monoisotopic (exact) mass is 344 g/mol. The quantitative estimate of drug-likeness (QED) is 0.440. The van der Waals surface area contributed by atoms with Gasteiger partial charge in [0.05, 0.1) is 0 Å². The van der Waals surface area contributed by atoms with Crippen molar-refractivity contribution in [2.45, 2.75) is 17.0 Å². The highest BCUT2D eigenvalue weighted by Crippen LogP contribution is 2.14. The third-order valence-corrected chi connectivity index (χ3v) is 18.9. The molecule has 19 heavy (non-hydrogen) atoms. The van der Waals surface area contributed by atoms with Gasteiger partial charge in [0.25, 0.3) is 0 Å². The predicted octanol–water partition coefficient (Wildman–Crippen LogP) is -0.629. The van der Waals surface area contributed by atoms with Crippen molar-refractivity contribution in [3.63, 3.8) is 0 Å².